The zero-order valence-electron chi connectivity index (χ0n) is 9.76. The minimum absolute atomic E-state index is 0.559. The van der Waals surface area contributed by atoms with E-state index in [-0.39, 0.29) is 0 Å². The summed E-state index contributed by atoms with van der Waals surface area (Å²) in [6, 6.07) is 1.32. The Balaban J connectivity index is 1.60. The van der Waals surface area contributed by atoms with Gasteiger partial charge in [0.25, 0.3) is 0 Å². The van der Waals surface area contributed by atoms with Gasteiger partial charge in [0, 0.05) is 18.5 Å². The van der Waals surface area contributed by atoms with E-state index in [0.717, 1.165) is 24.2 Å². The lowest BCUT2D eigenvalue weighted by molar-refractivity contribution is 0.255. The van der Waals surface area contributed by atoms with Crippen LogP contribution in [0.5, 0.6) is 0 Å². The lowest BCUT2D eigenvalue weighted by atomic mass is 9.88. The summed E-state index contributed by atoms with van der Waals surface area (Å²) in [6.45, 7) is 0. The molecule has 1 aliphatic carbocycles. The molecule has 1 aliphatic heterocycles. The van der Waals surface area contributed by atoms with Gasteiger partial charge in [-0.1, -0.05) is 6.42 Å². The van der Waals surface area contributed by atoms with Gasteiger partial charge in [-0.05, 0) is 36.8 Å². The number of rotatable bonds is 2. The third-order valence-electron chi connectivity index (χ3n) is 3.97. The molecule has 2 fully saturated rings. The van der Waals surface area contributed by atoms with Crippen molar-refractivity contribution in [1.29, 1.82) is 0 Å². The van der Waals surface area contributed by atoms with Gasteiger partial charge in [-0.2, -0.15) is 4.80 Å². The molecule has 88 valence electrons. The number of hydrogen-bond acceptors (Lipinski definition) is 4. The Morgan fingerprint density at radius 3 is 3.06 bits per heavy atom. The highest BCUT2D eigenvalue weighted by Gasteiger charge is 2.33. The summed E-state index contributed by atoms with van der Waals surface area (Å²) in [5, 5.41) is 15.9. The first-order chi connectivity index (χ1) is 7.81. The molecule has 3 rings (SSSR count). The van der Waals surface area contributed by atoms with Crippen molar-refractivity contribution in [3.8, 4) is 0 Å². The predicted molar refractivity (Wildman–Crippen MR) is 59.8 cm³/mol. The van der Waals surface area contributed by atoms with Crippen LogP contribution < -0.4 is 5.32 Å². The van der Waals surface area contributed by atoms with E-state index >= 15 is 0 Å². The molecule has 1 saturated heterocycles. The van der Waals surface area contributed by atoms with Crippen LogP contribution in [0.2, 0.25) is 0 Å². The van der Waals surface area contributed by atoms with Gasteiger partial charge in [0.1, 0.15) is 0 Å². The van der Waals surface area contributed by atoms with Crippen molar-refractivity contribution >= 4 is 0 Å². The van der Waals surface area contributed by atoms with E-state index in [4.69, 9.17) is 0 Å². The van der Waals surface area contributed by atoms with E-state index in [1.54, 1.807) is 0 Å². The first-order valence-corrected chi connectivity index (χ1v) is 6.30. The molecule has 1 aromatic rings. The van der Waals surface area contributed by atoms with Crippen molar-refractivity contribution in [2.45, 2.75) is 50.6 Å². The van der Waals surface area contributed by atoms with Crippen molar-refractivity contribution < 1.29 is 0 Å². The van der Waals surface area contributed by atoms with Crippen LogP contribution in [0.1, 0.15) is 37.9 Å². The number of nitrogens with one attached hydrogen (secondary N) is 1. The number of aromatic nitrogens is 4. The van der Waals surface area contributed by atoms with Crippen molar-refractivity contribution in [2.24, 2.45) is 13.0 Å². The quantitative estimate of drug-likeness (QED) is 0.797. The smallest absolute Gasteiger partial charge is 0.176 e. The van der Waals surface area contributed by atoms with Crippen molar-refractivity contribution in [2.75, 3.05) is 0 Å². The molecule has 5 nitrogen and oxygen atoms in total. The molecule has 5 heteroatoms. The highest BCUT2D eigenvalue weighted by Crippen LogP contribution is 2.33. The number of tetrazole rings is 1. The second-order valence-corrected chi connectivity index (χ2v) is 5.14. The zero-order valence-corrected chi connectivity index (χ0v) is 9.76. The van der Waals surface area contributed by atoms with Crippen LogP contribution in [0, 0.1) is 5.92 Å². The van der Waals surface area contributed by atoms with Crippen molar-refractivity contribution in [3.05, 3.63) is 5.82 Å². The van der Waals surface area contributed by atoms with Gasteiger partial charge in [-0.3, -0.25) is 0 Å². The normalized spacial score (nSPS) is 33.9. The van der Waals surface area contributed by atoms with Crippen LogP contribution >= 0.6 is 0 Å². The predicted octanol–water partition coefficient (Wildman–Crippen LogP) is 0.673. The number of piperidine rings is 1. The summed E-state index contributed by atoms with van der Waals surface area (Å²) in [5.41, 5.74) is 0. The number of aryl methyl sites for hydroxylation is 1. The molecular formula is C11H19N5. The molecule has 0 radical (unpaired) electrons. The molecular weight excluding hydrogens is 202 g/mol. The second kappa shape index (κ2) is 4.13. The molecule has 0 amide bonds. The zero-order chi connectivity index (χ0) is 11.0. The Morgan fingerprint density at radius 1 is 1.31 bits per heavy atom. The third kappa shape index (κ3) is 1.96. The summed E-state index contributed by atoms with van der Waals surface area (Å²) < 4.78 is 0. The van der Waals surface area contributed by atoms with Crippen molar-refractivity contribution in [3.63, 3.8) is 0 Å². The van der Waals surface area contributed by atoms with Crippen LogP contribution in [0.4, 0.5) is 0 Å². The highest BCUT2D eigenvalue weighted by atomic mass is 15.6. The highest BCUT2D eigenvalue weighted by molar-refractivity contribution is 4.94. The summed E-state index contributed by atoms with van der Waals surface area (Å²) >= 11 is 0. The standard InChI is InChI=1S/C11H19N5/c1-16-14-11(13-15-16)7-9-6-5-8-3-2-4-10(8)12-9/h8-10,12H,2-7H2,1H3. The molecule has 1 aromatic heterocycles. The fourth-order valence-corrected chi connectivity index (χ4v) is 3.19. The number of nitrogens with zero attached hydrogens (tertiary/aromatic N) is 4. The molecule has 0 bridgehead atoms. The van der Waals surface area contributed by atoms with E-state index in [1.807, 2.05) is 7.05 Å². The van der Waals surface area contributed by atoms with Gasteiger partial charge in [0.15, 0.2) is 5.82 Å². The molecule has 3 unspecified atom stereocenters. The average molecular weight is 221 g/mol. The maximum atomic E-state index is 4.24. The fourth-order valence-electron chi connectivity index (χ4n) is 3.19. The molecule has 2 aliphatic rings. The van der Waals surface area contributed by atoms with Gasteiger partial charge in [-0.15, -0.1) is 10.2 Å². The minimum atomic E-state index is 0.559. The Morgan fingerprint density at radius 2 is 2.25 bits per heavy atom. The van der Waals surface area contributed by atoms with Gasteiger partial charge in [0.2, 0.25) is 0 Å². The summed E-state index contributed by atoms with van der Waals surface area (Å²) in [6.07, 6.45) is 7.75. The summed E-state index contributed by atoms with van der Waals surface area (Å²) in [5.74, 6) is 1.81. The molecule has 1 saturated carbocycles. The lowest BCUT2D eigenvalue weighted by Crippen LogP contribution is -2.46. The van der Waals surface area contributed by atoms with Gasteiger partial charge in [0.05, 0.1) is 7.05 Å². The SMILES string of the molecule is Cn1nnc(CC2CCC3CCCC3N2)n1. The van der Waals surface area contributed by atoms with Crippen LogP contribution in [0.15, 0.2) is 0 Å². The van der Waals surface area contributed by atoms with E-state index in [1.165, 1.54) is 36.9 Å². The Bertz CT molecular complexity index is 361. The third-order valence-corrected chi connectivity index (χ3v) is 3.97. The van der Waals surface area contributed by atoms with E-state index in [0.29, 0.717) is 6.04 Å². The largest absolute Gasteiger partial charge is 0.311 e. The molecule has 2 heterocycles. The lowest BCUT2D eigenvalue weighted by Gasteiger charge is -2.33. The fraction of sp³-hybridized carbons (Fsp3) is 0.909. The van der Waals surface area contributed by atoms with Crippen LogP contribution in [-0.2, 0) is 13.5 Å². The second-order valence-electron chi connectivity index (χ2n) is 5.14. The number of fused-ring (bicyclic) bond motifs is 1. The van der Waals surface area contributed by atoms with Gasteiger partial charge >= 0.3 is 0 Å². The van der Waals surface area contributed by atoms with Crippen LogP contribution in [0.25, 0.3) is 0 Å². The first-order valence-electron chi connectivity index (χ1n) is 6.30. The minimum Gasteiger partial charge on any atom is -0.311 e. The molecule has 1 N–H and O–H groups in total. The monoisotopic (exact) mass is 221 g/mol. The summed E-state index contributed by atoms with van der Waals surface area (Å²) in [7, 11) is 1.82. The van der Waals surface area contributed by atoms with Crippen LogP contribution in [0.3, 0.4) is 0 Å². The van der Waals surface area contributed by atoms with Gasteiger partial charge < -0.3 is 5.32 Å². The average Bonchev–Trinajstić information content (AvgIpc) is 2.87. The van der Waals surface area contributed by atoms with E-state index < -0.39 is 0 Å². The van der Waals surface area contributed by atoms with Crippen LogP contribution in [-0.4, -0.2) is 32.3 Å². The molecule has 0 aromatic carbocycles. The first kappa shape index (κ1) is 10.2. The van der Waals surface area contributed by atoms with E-state index in [9.17, 15) is 0 Å². The molecule has 3 atom stereocenters. The van der Waals surface area contributed by atoms with Gasteiger partial charge in [-0.25, -0.2) is 0 Å². The molecule has 0 spiro atoms. The Kier molecular flexibility index (Phi) is 2.63. The topological polar surface area (TPSA) is 55.6 Å². The molecule has 16 heavy (non-hydrogen) atoms. The summed E-state index contributed by atoms with van der Waals surface area (Å²) in [4.78, 5) is 1.54. The number of hydrogen-bond donors (Lipinski definition) is 1. The van der Waals surface area contributed by atoms with E-state index in [2.05, 4.69) is 20.7 Å². The maximum Gasteiger partial charge on any atom is 0.176 e. The van der Waals surface area contributed by atoms with Crippen molar-refractivity contribution in [1.82, 2.24) is 25.5 Å². The Labute approximate surface area is 95.6 Å². The Hall–Kier alpha value is -0.970. The maximum absolute atomic E-state index is 4.24.